The highest BCUT2D eigenvalue weighted by atomic mass is 32.2. The lowest BCUT2D eigenvalue weighted by atomic mass is 9.77. The molecule has 0 radical (unpaired) electrons. The maximum atomic E-state index is 14.2. The summed E-state index contributed by atoms with van der Waals surface area (Å²) in [6.07, 6.45) is -1.57. The average Bonchev–Trinajstić information content (AvgIpc) is 3.97. The van der Waals surface area contributed by atoms with Crippen LogP contribution in [0.1, 0.15) is 49.1 Å². The number of aromatic nitrogens is 1. The number of carbonyl (C=O) groups is 5. The van der Waals surface area contributed by atoms with Gasteiger partial charge in [-0.3, -0.25) is 14.5 Å². The number of nitrogens with zero attached hydrogens (tertiary/aromatic N) is 3. The Morgan fingerprint density at radius 1 is 0.933 bits per heavy atom. The van der Waals surface area contributed by atoms with Gasteiger partial charge in [-0.2, -0.15) is 0 Å². The van der Waals surface area contributed by atoms with Gasteiger partial charge >= 0.3 is 18.2 Å². The predicted molar refractivity (Wildman–Crippen MR) is 221 cm³/mol. The Morgan fingerprint density at radius 2 is 1.55 bits per heavy atom. The molecule has 4 N–H and O–H groups in total. The lowest BCUT2D eigenvalue weighted by Gasteiger charge is -2.49. The molecule has 0 spiro atoms. The minimum Gasteiger partial charge on any atom is -0.445 e. The number of carbonyl (C=O) groups excluding carboxylic acids is 5. The third-order valence-electron chi connectivity index (χ3n) is 9.75. The number of nitrogens with two attached hydrogens (primary N) is 1. The van der Waals surface area contributed by atoms with E-state index < -0.39 is 59.9 Å². The molecule has 1 saturated carbocycles. The molecular formula is C42H42N6O10S2. The minimum absolute atomic E-state index is 0.0324. The Balaban J connectivity index is 1.15. The summed E-state index contributed by atoms with van der Waals surface area (Å²) in [7, 11) is 0. The van der Waals surface area contributed by atoms with Gasteiger partial charge in [0.2, 0.25) is 6.29 Å². The van der Waals surface area contributed by atoms with Crippen molar-refractivity contribution in [2.45, 2.75) is 49.9 Å². The van der Waals surface area contributed by atoms with Crippen molar-refractivity contribution in [3.05, 3.63) is 130 Å². The van der Waals surface area contributed by atoms with E-state index in [1.165, 1.54) is 30.0 Å². The topological polar surface area (TPSA) is 210 Å². The van der Waals surface area contributed by atoms with E-state index in [9.17, 15) is 24.0 Å². The number of hydrogen-bond acceptors (Lipinski definition) is 15. The fourth-order valence-corrected chi connectivity index (χ4v) is 8.82. The summed E-state index contributed by atoms with van der Waals surface area (Å²) in [5.41, 5.74) is 7.22. The molecule has 3 aromatic carbocycles. The molecule has 18 heteroatoms. The lowest BCUT2D eigenvalue weighted by molar-refractivity contribution is -0.169. The first-order valence-electron chi connectivity index (χ1n) is 19.1. The average molecular weight is 855 g/mol. The number of rotatable bonds is 17. The van der Waals surface area contributed by atoms with Crippen LogP contribution in [0.5, 0.6) is 0 Å². The maximum absolute atomic E-state index is 14.2. The zero-order chi connectivity index (χ0) is 42.2. The number of hydrogen-bond donors (Lipinski definition) is 3. The van der Waals surface area contributed by atoms with Gasteiger partial charge in [0.1, 0.15) is 41.6 Å². The summed E-state index contributed by atoms with van der Waals surface area (Å²) in [4.78, 5) is 76.5. The van der Waals surface area contributed by atoms with Crippen molar-refractivity contribution < 1.29 is 47.8 Å². The summed E-state index contributed by atoms with van der Waals surface area (Å²) in [5.74, 6) is -1.98. The maximum Gasteiger partial charge on any atom is 0.511 e. The van der Waals surface area contributed by atoms with Crippen molar-refractivity contribution in [3.63, 3.8) is 0 Å². The van der Waals surface area contributed by atoms with E-state index >= 15 is 0 Å². The van der Waals surface area contributed by atoms with Gasteiger partial charge in [-0.05, 0) is 42.4 Å². The summed E-state index contributed by atoms with van der Waals surface area (Å²) >= 11 is 2.50. The predicted octanol–water partition coefficient (Wildman–Crippen LogP) is 5.49. The largest absolute Gasteiger partial charge is 0.511 e. The van der Waals surface area contributed by atoms with Crippen LogP contribution >= 0.6 is 23.1 Å². The third-order valence-corrected chi connectivity index (χ3v) is 11.9. The van der Waals surface area contributed by atoms with Gasteiger partial charge in [0.25, 0.3) is 11.8 Å². The number of amides is 3. The summed E-state index contributed by atoms with van der Waals surface area (Å²) in [6, 6.07) is 28.9. The number of benzene rings is 3. The van der Waals surface area contributed by atoms with E-state index in [1.807, 2.05) is 91.0 Å². The van der Waals surface area contributed by atoms with Crippen LogP contribution in [0.2, 0.25) is 0 Å². The zero-order valence-electron chi connectivity index (χ0n) is 32.6. The first-order chi connectivity index (χ1) is 29.1. The second-order valence-corrected chi connectivity index (χ2v) is 15.8. The van der Waals surface area contributed by atoms with Crippen molar-refractivity contribution in [1.82, 2.24) is 15.2 Å². The first-order valence-corrected chi connectivity index (χ1v) is 21.1. The van der Waals surface area contributed by atoms with Gasteiger partial charge < -0.3 is 40.2 Å². The smallest absolute Gasteiger partial charge is 0.445 e. The monoisotopic (exact) mass is 854 g/mol. The Hall–Kier alpha value is -6.40. The van der Waals surface area contributed by atoms with Crippen molar-refractivity contribution in [2.24, 2.45) is 16.8 Å². The van der Waals surface area contributed by atoms with Crippen molar-refractivity contribution >= 4 is 64.0 Å². The molecule has 4 aromatic rings. The van der Waals surface area contributed by atoms with E-state index in [-0.39, 0.29) is 35.0 Å². The van der Waals surface area contributed by atoms with Gasteiger partial charge in [0.05, 0.1) is 6.61 Å². The number of nitrogens with one attached hydrogen (secondary N) is 2. The molecule has 7 rings (SSSR count). The zero-order valence-corrected chi connectivity index (χ0v) is 34.2. The van der Waals surface area contributed by atoms with Crippen LogP contribution in [0.15, 0.2) is 113 Å². The van der Waals surface area contributed by atoms with Crippen LogP contribution in [-0.2, 0) is 43.7 Å². The number of oxime groups is 1. The Bertz CT molecular complexity index is 2170. The molecule has 1 aromatic heterocycles. The van der Waals surface area contributed by atoms with Crippen LogP contribution in [0.4, 0.5) is 14.7 Å². The van der Waals surface area contributed by atoms with Gasteiger partial charge in [0, 0.05) is 23.6 Å². The number of esters is 1. The fraction of sp³-hybridized carbons (Fsp3) is 0.310. The molecule has 3 atom stereocenters. The molecular weight excluding hydrogens is 813 g/mol. The van der Waals surface area contributed by atoms with E-state index in [2.05, 4.69) is 15.8 Å². The molecule has 312 valence electrons. The number of thiazole rings is 1. The second-order valence-electron chi connectivity index (χ2n) is 13.9. The molecule has 3 amide bonds. The summed E-state index contributed by atoms with van der Waals surface area (Å²) in [5, 5.41) is 12.1. The molecule has 1 aliphatic carbocycles. The van der Waals surface area contributed by atoms with E-state index in [0.29, 0.717) is 17.7 Å². The molecule has 3 aliphatic rings. The molecule has 2 aliphatic heterocycles. The summed E-state index contributed by atoms with van der Waals surface area (Å²) in [6.45, 7) is 2.80. The van der Waals surface area contributed by atoms with Crippen molar-refractivity contribution in [1.29, 1.82) is 0 Å². The molecule has 60 heavy (non-hydrogen) atoms. The molecule has 1 unspecified atom stereocenters. The first kappa shape index (κ1) is 41.7. The van der Waals surface area contributed by atoms with Crippen LogP contribution in [0.25, 0.3) is 0 Å². The molecule has 3 heterocycles. The molecule has 16 nitrogen and oxygen atoms in total. The van der Waals surface area contributed by atoms with Crippen molar-refractivity contribution in [3.8, 4) is 0 Å². The summed E-state index contributed by atoms with van der Waals surface area (Å²) < 4.78 is 20.0. The highest BCUT2D eigenvalue weighted by Crippen LogP contribution is 2.42. The van der Waals surface area contributed by atoms with Crippen LogP contribution in [-0.4, -0.2) is 88.9 Å². The van der Waals surface area contributed by atoms with Crippen LogP contribution in [0.3, 0.4) is 0 Å². The molecule has 1 saturated heterocycles. The standard InChI is InChI=1S/C42H42N6O10S2/c1-3-54-41(53)58-25(2)57-38(51)34-27(22-55-39(43)52)23-59-37-33(36(50)48(34)37)45-35(49)32(47-56-21-26-19-20-26)31-24-60-40(44-31)46-42(28-13-7-4-8-14-28,29-15-9-5-10-16-29)30-17-11-6-12-18-30/h4-18,24-26,33,37H,3,19-23H2,1-2H3,(H2,43,52)(H,44,46)(H,45,49)/b47-32+/t25?,33-,37-/m1/s1. The Morgan fingerprint density at radius 3 is 2.12 bits per heavy atom. The van der Waals surface area contributed by atoms with Gasteiger partial charge in [0.15, 0.2) is 10.8 Å². The highest BCUT2D eigenvalue weighted by molar-refractivity contribution is 8.00. The van der Waals surface area contributed by atoms with E-state index in [4.69, 9.17) is 34.5 Å². The second kappa shape index (κ2) is 18.7. The van der Waals surface area contributed by atoms with Gasteiger partial charge in [-0.15, -0.1) is 23.1 Å². The Kier molecular flexibility index (Phi) is 13.0. The molecule has 0 bridgehead atoms. The van der Waals surface area contributed by atoms with Crippen LogP contribution in [0, 0.1) is 5.92 Å². The number of ether oxygens (including phenoxy) is 4. The van der Waals surface area contributed by atoms with Gasteiger partial charge in [-0.1, -0.05) is 96.2 Å². The Labute approximate surface area is 353 Å². The van der Waals surface area contributed by atoms with Crippen molar-refractivity contribution in [2.75, 3.05) is 30.9 Å². The lowest BCUT2D eigenvalue weighted by Crippen LogP contribution is -2.71. The van der Waals surface area contributed by atoms with E-state index in [1.54, 1.807) is 12.3 Å². The number of anilines is 1. The number of primary amides is 1. The fourth-order valence-electron chi connectivity index (χ4n) is 6.75. The quantitative estimate of drug-likeness (QED) is 0.0229. The van der Waals surface area contributed by atoms with Gasteiger partial charge in [-0.25, -0.2) is 19.4 Å². The normalized spacial score (nSPS) is 18.0. The van der Waals surface area contributed by atoms with E-state index in [0.717, 1.165) is 34.4 Å². The SMILES string of the molecule is CCOC(=O)OC(C)OC(=O)C1=C(COC(N)=O)CS[C@@H]2[C@H](NC(=O)/C(=N/OCC3CC3)c3csc(NC(c4ccccc4)(c4ccccc4)c4ccccc4)n3)C(=O)N12. The number of thioether (sulfide) groups is 1. The highest BCUT2D eigenvalue weighted by Gasteiger charge is 2.55. The van der Waals surface area contributed by atoms with Crippen LogP contribution < -0.4 is 16.4 Å². The number of fused-ring (bicyclic) bond motifs is 1. The number of β-lactam (4-membered cyclic amide) rings is 1. The minimum atomic E-state index is -1.40. The third kappa shape index (κ3) is 9.24. The molecule has 2 fully saturated rings.